The van der Waals surface area contributed by atoms with Gasteiger partial charge in [0.15, 0.2) is 9.84 Å². The lowest BCUT2D eigenvalue weighted by atomic mass is 10.2. The molecule has 174 valence electrons. The molecule has 1 amide bonds. The van der Waals surface area contributed by atoms with Gasteiger partial charge in [-0.05, 0) is 42.5 Å². The van der Waals surface area contributed by atoms with Gasteiger partial charge in [0, 0.05) is 17.5 Å². The van der Waals surface area contributed by atoms with Crippen molar-refractivity contribution in [1.82, 2.24) is 9.97 Å². The number of carbonyl (C=O) groups is 1. The molecule has 4 aromatic rings. The number of hydrogen-bond acceptors (Lipinski definition) is 6. The molecule has 1 aromatic heterocycles. The largest absolute Gasteiger partial charge is 0.340 e. The molecule has 34 heavy (non-hydrogen) atoms. The molecule has 2 N–H and O–H groups in total. The zero-order chi connectivity index (χ0) is 24.3. The van der Waals surface area contributed by atoms with Crippen LogP contribution in [0.1, 0.15) is 6.42 Å². The van der Waals surface area contributed by atoms with E-state index in [1.807, 2.05) is 0 Å². The molecule has 0 atom stereocenters. The highest BCUT2D eigenvalue weighted by molar-refractivity contribution is 7.91. The summed E-state index contributed by atoms with van der Waals surface area (Å²) in [5.41, 5.74) is 1.27. The van der Waals surface area contributed by atoms with Crippen molar-refractivity contribution in [2.75, 3.05) is 16.4 Å². The highest BCUT2D eigenvalue weighted by atomic mass is 35.5. The molecule has 0 bridgehead atoms. The molecular formula is C23H17Cl2FN4O3S. The molecule has 0 saturated heterocycles. The van der Waals surface area contributed by atoms with Gasteiger partial charge < -0.3 is 10.6 Å². The van der Waals surface area contributed by atoms with Gasteiger partial charge in [-0.25, -0.2) is 22.8 Å². The maximum atomic E-state index is 13.5. The zero-order valence-electron chi connectivity index (χ0n) is 17.4. The molecule has 0 radical (unpaired) electrons. The zero-order valence-corrected chi connectivity index (χ0v) is 19.8. The number of sulfone groups is 1. The molecule has 0 spiro atoms. The van der Waals surface area contributed by atoms with Gasteiger partial charge in [-0.3, -0.25) is 4.79 Å². The van der Waals surface area contributed by atoms with Crippen LogP contribution in [0.2, 0.25) is 10.0 Å². The summed E-state index contributed by atoms with van der Waals surface area (Å²) in [6.07, 6.45) is 1.08. The Balaban J connectivity index is 1.54. The second-order valence-electron chi connectivity index (χ2n) is 7.26. The van der Waals surface area contributed by atoms with Crippen LogP contribution in [0.5, 0.6) is 0 Å². The lowest BCUT2D eigenvalue weighted by Crippen LogP contribution is -2.17. The summed E-state index contributed by atoms with van der Waals surface area (Å²) < 4.78 is 38.3. The Labute approximate surface area is 204 Å². The second kappa shape index (κ2) is 9.92. The predicted octanol–water partition coefficient (Wildman–Crippen LogP) is 5.62. The summed E-state index contributed by atoms with van der Waals surface area (Å²) in [5, 5.41) is 6.39. The molecule has 3 aromatic carbocycles. The van der Waals surface area contributed by atoms with Gasteiger partial charge >= 0.3 is 0 Å². The number of fused-ring (bicyclic) bond motifs is 1. The van der Waals surface area contributed by atoms with E-state index in [0.717, 1.165) is 0 Å². The average Bonchev–Trinajstić information content (AvgIpc) is 2.82. The van der Waals surface area contributed by atoms with Gasteiger partial charge in [-0.1, -0.05) is 41.4 Å². The fraction of sp³-hybridized carbons (Fsp3) is 0.0870. The minimum absolute atomic E-state index is 0.0511. The molecular weight excluding hydrogens is 502 g/mol. The predicted molar refractivity (Wildman–Crippen MR) is 131 cm³/mol. The second-order valence-corrected chi connectivity index (χ2v) is 10.2. The molecule has 11 heteroatoms. The Kier molecular flexibility index (Phi) is 6.97. The monoisotopic (exact) mass is 518 g/mol. The fourth-order valence-corrected chi connectivity index (χ4v) is 4.82. The lowest BCUT2D eigenvalue weighted by Gasteiger charge is -2.12. The number of hydrogen-bond donors (Lipinski definition) is 2. The molecule has 0 saturated carbocycles. The van der Waals surface area contributed by atoms with Crippen molar-refractivity contribution >= 4 is 67.0 Å². The fourth-order valence-electron chi connectivity index (χ4n) is 3.17. The van der Waals surface area contributed by atoms with Crippen LogP contribution in [0, 0.1) is 5.82 Å². The van der Waals surface area contributed by atoms with Gasteiger partial charge in [-0.2, -0.15) is 0 Å². The highest BCUT2D eigenvalue weighted by Gasteiger charge is 2.17. The summed E-state index contributed by atoms with van der Waals surface area (Å²) in [7, 11) is -3.60. The van der Waals surface area contributed by atoms with Crippen molar-refractivity contribution in [3.8, 4) is 0 Å². The van der Waals surface area contributed by atoms with Gasteiger partial charge in [0.1, 0.15) is 18.0 Å². The number of nitrogens with one attached hydrogen (secondary N) is 2. The first-order chi connectivity index (χ1) is 16.2. The Morgan fingerprint density at radius 2 is 1.74 bits per heavy atom. The van der Waals surface area contributed by atoms with Gasteiger partial charge in [-0.15, -0.1) is 0 Å². The number of anilines is 3. The number of benzene rings is 3. The van der Waals surface area contributed by atoms with Crippen LogP contribution in [-0.4, -0.2) is 30.0 Å². The van der Waals surface area contributed by atoms with Gasteiger partial charge in [0.2, 0.25) is 5.91 Å². The molecule has 0 unspecified atom stereocenters. The van der Waals surface area contributed by atoms with Crippen LogP contribution in [0.15, 0.2) is 71.9 Å². The van der Waals surface area contributed by atoms with Crippen molar-refractivity contribution in [2.45, 2.75) is 11.3 Å². The summed E-state index contributed by atoms with van der Waals surface area (Å²) in [6.45, 7) is 0. The van der Waals surface area contributed by atoms with E-state index in [9.17, 15) is 17.6 Å². The van der Waals surface area contributed by atoms with Crippen LogP contribution in [0.3, 0.4) is 0 Å². The average molecular weight is 519 g/mol. The quantitative estimate of drug-likeness (QED) is 0.329. The van der Waals surface area contributed by atoms with E-state index >= 15 is 0 Å². The number of carbonyl (C=O) groups excluding carboxylic acids is 1. The van der Waals surface area contributed by atoms with Crippen molar-refractivity contribution < 1.29 is 17.6 Å². The van der Waals surface area contributed by atoms with Crippen LogP contribution in [0.25, 0.3) is 10.9 Å². The molecule has 1 heterocycles. The van der Waals surface area contributed by atoms with E-state index in [4.69, 9.17) is 23.2 Å². The Morgan fingerprint density at radius 3 is 2.47 bits per heavy atom. The molecule has 0 aliphatic rings. The van der Waals surface area contributed by atoms with Gasteiger partial charge in [0.05, 0.1) is 31.9 Å². The van der Waals surface area contributed by atoms with E-state index in [2.05, 4.69) is 20.6 Å². The summed E-state index contributed by atoms with van der Waals surface area (Å²) in [6, 6.07) is 15.2. The third kappa shape index (κ3) is 5.44. The van der Waals surface area contributed by atoms with Crippen LogP contribution < -0.4 is 10.6 Å². The Hall–Kier alpha value is -3.27. The maximum Gasteiger partial charge on any atom is 0.225 e. The first kappa shape index (κ1) is 23.9. The molecule has 0 aliphatic carbocycles. The van der Waals surface area contributed by atoms with Crippen LogP contribution in [-0.2, 0) is 14.6 Å². The normalized spacial score (nSPS) is 11.4. The summed E-state index contributed by atoms with van der Waals surface area (Å²) in [4.78, 5) is 21.0. The number of amides is 1. The number of rotatable bonds is 7. The first-order valence-electron chi connectivity index (χ1n) is 9.97. The van der Waals surface area contributed by atoms with E-state index in [-0.39, 0.29) is 32.8 Å². The number of nitrogens with zero attached hydrogens (tertiary/aromatic N) is 2. The standard InChI is InChI=1S/C23H17Cl2FN4O3S/c24-17-10-14(6-7-19(17)26)29-23-16-11-21(18(25)12-20(16)27-13-28-23)30-22(31)8-9-34(32,33)15-4-2-1-3-5-15/h1-7,10-13H,8-9H2,(H,30,31)(H,27,28,29). The van der Waals surface area contributed by atoms with Crippen molar-refractivity contribution in [3.63, 3.8) is 0 Å². The van der Waals surface area contributed by atoms with Crippen LogP contribution >= 0.6 is 23.2 Å². The minimum atomic E-state index is -3.60. The van der Waals surface area contributed by atoms with Crippen LogP contribution in [0.4, 0.5) is 21.6 Å². The summed E-state index contributed by atoms with van der Waals surface area (Å²) >= 11 is 12.2. The third-order valence-corrected chi connectivity index (χ3v) is 7.22. The van der Waals surface area contributed by atoms with Gasteiger partial charge in [0.25, 0.3) is 0 Å². The number of aromatic nitrogens is 2. The molecule has 0 fully saturated rings. The molecule has 0 aliphatic heterocycles. The van der Waals surface area contributed by atoms with Crippen molar-refractivity contribution in [2.24, 2.45) is 0 Å². The maximum absolute atomic E-state index is 13.5. The minimum Gasteiger partial charge on any atom is -0.340 e. The molecule has 7 nitrogen and oxygen atoms in total. The van der Waals surface area contributed by atoms with E-state index in [0.29, 0.717) is 22.4 Å². The first-order valence-corrected chi connectivity index (χ1v) is 12.4. The summed E-state index contributed by atoms with van der Waals surface area (Å²) in [5.74, 6) is -1.04. The number of halogens is 3. The lowest BCUT2D eigenvalue weighted by molar-refractivity contribution is -0.115. The van der Waals surface area contributed by atoms with E-state index < -0.39 is 21.6 Å². The highest BCUT2D eigenvalue weighted by Crippen LogP contribution is 2.32. The topological polar surface area (TPSA) is 101 Å². The van der Waals surface area contributed by atoms with E-state index in [1.54, 1.807) is 30.3 Å². The Morgan fingerprint density at radius 1 is 0.971 bits per heavy atom. The van der Waals surface area contributed by atoms with E-state index in [1.165, 1.54) is 36.7 Å². The third-order valence-electron chi connectivity index (χ3n) is 4.88. The van der Waals surface area contributed by atoms with Crippen molar-refractivity contribution in [1.29, 1.82) is 0 Å². The van der Waals surface area contributed by atoms with Crippen molar-refractivity contribution in [3.05, 3.63) is 82.9 Å². The SMILES string of the molecule is O=C(CCS(=O)(=O)c1ccccc1)Nc1cc2c(Nc3ccc(F)c(Cl)c3)ncnc2cc1Cl. The molecule has 4 rings (SSSR count). The smallest absolute Gasteiger partial charge is 0.225 e. The Bertz CT molecular complexity index is 1480.